The Morgan fingerprint density at radius 2 is 2.00 bits per heavy atom. The molecule has 6 nitrogen and oxygen atoms in total. The van der Waals surface area contributed by atoms with Crippen LogP contribution in [0, 0.1) is 11.7 Å². The topological polar surface area (TPSA) is 78.5 Å². The molecular formula is C17H22FN3O3. The average molecular weight is 335 g/mol. The van der Waals surface area contributed by atoms with Crippen molar-refractivity contribution in [2.45, 2.75) is 32.7 Å². The zero-order valence-electron chi connectivity index (χ0n) is 14.1. The molecule has 0 unspecified atom stereocenters. The van der Waals surface area contributed by atoms with E-state index in [1.807, 2.05) is 13.8 Å². The van der Waals surface area contributed by atoms with Gasteiger partial charge < -0.3 is 10.6 Å². The van der Waals surface area contributed by atoms with Gasteiger partial charge in [-0.05, 0) is 25.3 Å². The van der Waals surface area contributed by atoms with E-state index in [-0.39, 0.29) is 12.1 Å². The van der Waals surface area contributed by atoms with Crippen LogP contribution in [0.25, 0.3) is 0 Å². The summed E-state index contributed by atoms with van der Waals surface area (Å²) in [4.78, 5) is 37.4. The molecule has 0 radical (unpaired) electrons. The predicted molar refractivity (Wildman–Crippen MR) is 86.5 cm³/mol. The minimum atomic E-state index is -1.51. The SMILES string of the molecule is CC(C)CCNC(=O)CN1C(=O)N[C@](C)(c2ccccc2F)C1=O. The maximum absolute atomic E-state index is 14.0. The van der Waals surface area contributed by atoms with Crippen molar-refractivity contribution in [2.75, 3.05) is 13.1 Å². The molecule has 2 rings (SSSR count). The Bertz CT molecular complexity index is 662. The number of benzene rings is 1. The Morgan fingerprint density at radius 3 is 2.62 bits per heavy atom. The Kier molecular flexibility index (Phi) is 5.21. The second-order valence-corrected chi connectivity index (χ2v) is 6.46. The lowest BCUT2D eigenvalue weighted by atomic mass is 9.91. The smallest absolute Gasteiger partial charge is 0.325 e. The number of halogens is 1. The molecule has 1 fully saturated rings. The highest BCUT2D eigenvalue weighted by atomic mass is 19.1. The second kappa shape index (κ2) is 6.98. The quantitative estimate of drug-likeness (QED) is 0.778. The van der Waals surface area contributed by atoms with Gasteiger partial charge in [-0.15, -0.1) is 0 Å². The summed E-state index contributed by atoms with van der Waals surface area (Å²) < 4.78 is 14.0. The molecule has 1 aliphatic heterocycles. The van der Waals surface area contributed by atoms with Crippen molar-refractivity contribution < 1.29 is 18.8 Å². The summed E-state index contributed by atoms with van der Waals surface area (Å²) in [5.41, 5.74) is -1.44. The molecule has 7 heteroatoms. The minimum absolute atomic E-state index is 0.0751. The molecule has 1 aromatic carbocycles. The van der Waals surface area contributed by atoms with Crippen molar-refractivity contribution in [3.63, 3.8) is 0 Å². The largest absolute Gasteiger partial charge is 0.355 e. The zero-order chi connectivity index (χ0) is 17.9. The highest BCUT2D eigenvalue weighted by molar-refractivity contribution is 6.09. The highest BCUT2D eigenvalue weighted by Crippen LogP contribution is 2.30. The summed E-state index contributed by atoms with van der Waals surface area (Å²) in [7, 11) is 0. The van der Waals surface area contributed by atoms with Crippen LogP contribution in [-0.4, -0.2) is 35.8 Å². The first-order valence-electron chi connectivity index (χ1n) is 7.91. The van der Waals surface area contributed by atoms with Crippen LogP contribution in [0.4, 0.5) is 9.18 Å². The number of amides is 4. The summed E-state index contributed by atoms with van der Waals surface area (Å²) >= 11 is 0. The van der Waals surface area contributed by atoms with Crippen LogP contribution in [0.5, 0.6) is 0 Å². The lowest BCUT2D eigenvalue weighted by molar-refractivity contribution is -0.134. The average Bonchev–Trinajstić information content (AvgIpc) is 2.71. The van der Waals surface area contributed by atoms with E-state index < -0.39 is 29.2 Å². The fourth-order valence-corrected chi connectivity index (χ4v) is 2.59. The van der Waals surface area contributed by atoms with E-state index in [2.05, 4.69) is 10.6 Å². The van der Waals surface area contributed by atoms with Gasteiger partial charge in [0, 0.05) is 12.1 Å². The lowest BCUT2D eigenvalue weighted by Gasteiger charge is -2.22. The molecule has 130 valence electrons. The number of rotatable bonds is 6. The number of carbonyl (C=O) groups is 3. The highest BCUT2D eigenvalue weighted by Gasteiger charge is 2.50. The molecule has 1 aliphatic rings. The van der Waals surface area contributed by atoms with Gasteiger partial charge in [0.1, 0.15) is 17.9 Å². The predicted octanol–water partition coefficient (Wildman–Crippen LogP) is 1.75. The molecule has 0 saturated carbocycles. The normalized spacial score (nSPS) is 20.5. The minimum Gasteiger partial charge on any atom is -0.355 e. The van der Waals surface area contributed by atoms with Gasteiger partial charge in [-0.25, -0.2) is 9.18 Å². The Balaban J connectivity index is 2.09. The number of urea groups is 1. The monoisotopic (exact) mass is 335 g/mol. The van der Waals surface area contributed by atoms with Crippen molar-refractivity contribution in [2.24, 2.45) is 5.92 Å². The standard InChI is InChI=1S/C17H22FN3O3/c1-11(2)8-9-19-14(22)10-21-15(23)17(3,20-16(21)24)12-6-4-5-7-13(12)18/h4-7,11H,8-10H2,1-3H3,(H,19,22)(H,20,24)/t17-/m1/s1. The van der Waals surface area contributed by atoms with Crippen molar-refractivity contribution >= 4 is 17.8 Å². The van der Waals surface area contributed by atoms with Crippen LogP contribution in [-0.2, 0) is 15.1 Å². The van der Waals surface area contributed by atoms with E-state index in [0.717, 1.165) is 11.3 Å². The maximum atomic E-state index is 14.0. The molecule has 0 bridgehead atoms. The lowest BCUT2D eigenvalue weighted by Crippen LogP contribution is -2.43. The first-order chi connectivity index (χ1) is 11.3. The first kappa shape index (κ1) is 17.9. The van der Waals surface area contributed by atoms with E-state index in [0.29, 0.717) is 12.5 Å². The fourth-order valence-electron chi connectivity index (χ4n) is 2.59. The molecular weight excluding hydrogens is 313 g/mol. The fraction of sp³-hybridized carbons (Fsp3) is 0.471. The molecule has 4 amide bonds. The summed E-state index contributed by atoms with van der Waals surface area (Å²) in [6.07, 6.45) is 0.804. The van der Waals surface area contributed by atoms with Crippen molar-refractivity contribution in [1.82, 2.24) is 15.5 Å². The Morgan fingerprint density at radius 1 is 1.33 bits per heavy atom. The molecule has 0 aliphatic carbocycles. The second-order valence-electron chi connectivity index (χ2n) is 6.46. The van der Waals surface area contributed by atoms with Crippen LogP contribution >= 0.6 is 0 Å². The van der Waals surface area contributed by atoms with E-state index in [9.17, 15) is 18.8 Å². The van der Waals surface area contributed by atoms with Crippen molar-refractivity contribution in [3.8, 4) is 0 Å². The van der Waals surface area contributed by atoms with Crippen LogP contribution in [0.2, 0.25) is 0 Å². The summed E-state index contributed by atoms with van der Waals surface area (Å²) in [5, 5.41) is 5.16. The number of nitrogens with one attached hydrogen (secondary N) is 2. The number of carbonyl (C=O) groups excluding carboxylic acids is 3. The van der Waals surface area contributed by atoms with Gasteiger partial charge in [0.2, 0.25) is 5.91 Å². The van der Waals surface area contributed by atoms with E-state index in [1.165, 1.54) is 25.1 Å². The Labute approximate surface area is 140 Å². The van der Waals surface area contributed by atoms with Crippen LogP contribution < -0.4 is 10.6 Å². The third kappa shape index (κ3) is 3.55. The number of imide groups is 1. The van der Waals surface area contributed by atoms with Gasteiger partial charge in [0.05, 0.1) is 0 Å². The zero-order valence-corrected chi connectivity index (χ0v) is 14.1. The third-order valence-electron chi connectivity index (χ3n) is 4.03. The molecule has 24 heavy (non-hydrogen) atoms. The van der Waals surface area contributed by atoms with Crippen LogP contribution in [0.3, 0.4) is 0 Å². The summed E-state index contributed by atoms with van der Waals surface area (Å²) in [6, 6.07) is 5.05. The third-order valence-corrected chi connectivity index (χ3v) is 4.03. The van der Waals surface area contributed by atoms with Crippen LogP contribution in [0.15, 0.2) is 24.3 Å². The van der Waals surface area contributed by atoms with Gasteiger partial charge in [-0.3, -0.25) is 14.5 Å². The molecule has 2 N–H and O–H groups in total. The van der Waals surface area contributed by atoms with Crippen molar-refractivity contribution in [1.29, 1.82) is 0 Å². The van der Waals surface area contributed by atoms with Gasteiger partial charge in [0.15, 0.2) is 0 Å². The Hall–Kier alpha value is -2.44. The van der Waals surface area contributed by atoms with Crippen LogP contribution in [0.1, 0.15) is 32.8 Å². The maximum Gasteiger partial charge on any atom is 0.325 e. The number of hydrogen-bond acceptors (Lipinski definition) is 3. The first-order valence-corrected chi connectivity index (χ1v) is 7.91. The van der Waals surface area contributed by atoms with Gasteiger partial charge in [0.25, 0.3) is 5.91 Å². The number of nitrogens with zero attached hydrogens (tertiary/aromatic N) is 1. The molecule has 1 aromatic rings. The van der Waals surface area contributed by atoms with Gasteiger partial charge >= 0.3 is 6.03 Å². The van der Waals surface area contributed by atoms with E-state index in [1.54, 1.807) is 6.07 Å². The van der Waals surface area contributed by atoms with E-state index in [4.69, 9.17) is 0 Å². The van der Waals surface area contributed by atoms with Gasteiger partial charge in [-0.2, -0.15) is 0 Å². The molecule has 0 spiro atoms. The molecule has 1 heterocycles. The van der Waals surface area contributed by atoms with Gasteiger partial charge in [-0.1, -0.05) is 32.0 Å². The summed E-state index contributed by atoms with van der Waals surface area (Å²) in [5.74, 6) is -1.21. The molecule has 1 saturated heterocycles. The number of hydrogen-bond donors (Lipinski definition) is 2. The molecule has 1 atom stereocenters. The van der Waals surface area contributed by atoms with E-state index >= 15 is 0 Å². The molecule has 0 aromatic heterocycles. The summed E-state index contributed by atoms with van der Waals surface area (Å²) in [6.45, 7) is 5.59. The van der Waals surface area contributed by atoms with Crippen molar-refractivity contribution in [3.05, 3.63) is 35.6 Å².